The predicted molar refractivity (Wildman–Crippen MR) is 58.5 cm³/mol. The first-order chi connectivity index (χ1) is 7.40. The summed E-state index contributed by atoms with van der Waals surface area (Å²) in [5.41, 5.74) is 14.6. The largest absolute Gasteiger partial charge is 0.370 e. The Morgan fingerprint density at radius 1 is 1.12 bits per heavy atom. The van der Waals surface area contributed by atoms with Gasteiger partial charge in [-0.2, -0.15) is 4.99 Å². The fraction of sp³-hybridized carbons (Fsp3) is 0. The second-order valence-corrected chi connectivity index (χ2v) is 3.16. The Labute approximate surface area is 94.6 Å². The van der Waals surface area contributed by atoms with E-state index in [1.807, 2.05) is 0 Å². The maximum Gasteiger partial charge on any atom is 0.223 e. The van der Waals surface area contributed by atoms with Crippen LogP contribution in [0.25, 0.3) is 0 Å². The molecule has 16 heavy (non-hydrogen) atoms. The van der Waals surface area contributed by atoms with Gasteiger partial charge in [-0.15, -0.1) is 0 Å². The third-order valence-electron chi connectivity index (χ3n) is 1.45. The van der Waals surface area contributed by atoms with E-state index in [9.17, 15) is 8.78 Å². The first-order valence-electron chi connectivity index (χ1n) is 3.98. The van der Waals surface area contributed by atoms with Crippen LogP contribution < -0.4 is 17.2 Å². The molecule has 1 rings (SSSR count). The van der Waals surface area contributed by atoms with E-state index in [4.69, 9.17) is 28.8 Å². The molecule has 1 aromatic rings. The van der Waals surface area contributed by atoms with Gasteiger partial charge in [-0.25, -0.2) is 13.8 Å². The lowest BCUT2D eigenvalue weighted by atomic mass is 10.3. The van der Waals surface area contributed by atoms with Gasteiger partial charge in [0.2, 0.25) is 5.96 Å². The monoisotopic (exact) mass is 247 g/mol. The second kappa shape index (κ2) is 4.75. The minimum atomic E-state index is -0.959. The van der Waals surface area contributed by atoms with Crippen LogP contribution in [-0.2, 0) is 0 Å². The summed E-state index contributed by atoms with van der Waals surface area (Å²) in [5.74, 6) is -2.74. The maximum absolute atomic E-state index is 13.2. The molecule has 0 saturated heterocycles. The Hall–Kier alpha value is -1.89. The molecule has 0 aromatic heterocycles. The Bertz CT molecular complexity index is 444. The van der Waals surface area contributed by atoms with E-state index in [0.717, 1.165) is 12.1 Å². The molecule has 0 heterocycles. The average molecular weight is 248 g/mol. The number of nitrogens with zero attached hydrogens (tertiary/aromatic N) is 2. The van der Waals surface area contributed by atoms with Gasteiger partial charge < -0.3 is 17.2 Å². The Morgan fingerprint density at radius 2 is 1.62 bits per heavy atom. The van der Waals surface area contributed by atoms with Gasteiger partial charge in [-0.3, -0.25) is 0 Å². The Morgan fingerprint density at radius 3 is 2.06 bits per heavy atom. The number of hydrogen-bond donors (Lipinski definition) is 3. The highest BCUT2D eigenvalue weighted by atomic mass is 35.5. The number of rotatable bonds is 1. The van der Waals surface area contributed by atoms with Crippen LogP contribution in [0.1, 0.15) is 0 Å². The van der Waals surface area contributed by atoms with Crippen molar-refractivity contribution in [2.75, 3.05) is 0 Å². The number of aliphatic imine (C=N–C) groups is 2. The van der Waals surface area contributed by atoms with Crippen LogP contribution in [0, 0.1) is 11.6 Å². The van der Waals surface area contributed by atoms with E-state index in [0.29, 0.717) is 0 Å². The van der Waals surface area contributed by atoms with E-state index in [2.05, 4.69) is 9.98 Å². The predicted octanol–water partition coefficient (Wildman–Crippen LogP) is 0.838. The molecule has 0 fully saturated rings. The summed E-state index contributed by atoms with van der Waals surface area (Å²) in [6.45, 7) is 0. The first kappa shape index (κ1) is 12.2. The summed E-state index contributed by atoms with van der Waals surface area (Å²) < 4.78 is 26.4. The molecule has 0 spiro atoms. The lowest BCUT2D eigenvalue weighted by Crippen LogP contribution is -2.26. The van der Waals surface area contributed by atoms with Crippen LogP contribution in [0.3, 0.4) is 0 Å². The molecule has 86 valence electrons. The minimum absolute atomic E-state index is 0.0886. The van der Waals surface area contributed by atoms with E-state index in [-0.39, 0.29) is 11.0 Å². The number of guanidine groups is 2. The highest BCUT2D eigenvalue weighted by Gasteiger charge is 2.10. The van der Waals surface area contributed by atoms with Gasteiger partial charge in [-0.05, 0) is 12.1 Å². The van der Waals surface area contributed by atoms with Gasteiger partial charge in [0.1, 0.15) is 5.69 Å². The standard InChI is InChI=1S/C8H8ClF2N5/c9-3-1-4(10)6(5(11)2-3)15-8(14)16-7(12)13/h1-2H,(H6,12,13,14,15,16). The normalized spacial score (nSPS) is 11.3. The molecule has 6 N–H and O–H groups in total. The summed E-state index contributed by atoms with van der Waals surface area (Å²) in [4.78, 5) is 6.69. The van der Waals surface area contributed by atoms with E-state index in [1.165, 1.54) is 0 Å². The van der Waals surface area contributed by atoms with Crippen LogP contribution in [-0.4, -0.2) is 11.9 Å². The van der Waals surface area contributed by atoms with Crippen molar-refractivity contribution in [2.45, 2.75) is 0 Å². The van der Waals surface area contributed by atoms with Crippen molar-refractivity contribution in [3.63, 3.8) is 0 Å². The Kier molecular flexibility index (Phi) is 3.62. The SMILES string of the molecule is NC(N)=NC(N)=Nc1c(F)cc(Cl)cc1F. The van der Waals surface area contributed by atoms with Crippen molar-refractivity contribution in [3.05, 3.63) is 28.8 Å². The summed E-state index contributed by atoms with van der Waals surface area (Å²) in [7, 11) is 0. The Balaban J connectivity index is 3.20. The third kappa shape index (κ3) is 3.06. The molecular formula is C8H8ClF2N5. The zero-order valence-electron chi connectivity index (χ0n) is 7.92. The van der Waals surface area contributed by atoms with Gasteiger partial charge >= 0.3 is 0 Å². The van der Waals surface area contributed by atoms with Gasteiger partial charge in [0.25, 0.3) is 0 Å². The van der Waals surface area contributed by atoms with Crippen LogP contribution in [0.15, 0.2) is 22.1 Å². The van der Waals surface area contributed by atoms with Gasteiger partial charge in [0, 0.05) is 5.02 Å². The molecule has 8 heteroatoms. The number of hydrogen-bond acceptors (Lipinski definition) is 1. The molecule has 0 saturated carbocycles. The fourth-order valence-electron chi connectivity index (χ4n) is 0.913. The summed E-state index contributed by atoms with van der Waals surface area (Å²) >= 11 is 5.42. The van der Waals surface area contributed by atoms with E-state index in [1.54, 1.807) is 0 Å². The summed E-state index contributed by atoms with van der Waals surface area (Å²) in [6, 6.07) is 1.79. The van der Waals surface area contributed by atoms with Gasteiger partial charge in [0.05, 0.1) is 0 Å². The molecule has 5 nitrogen and oxygen atoms in total. The number of nitrogens with two attached hydrogens (primary N) is 3. The molecule has 1 aromatic carbocycles. The quantitative estimate of drug-likeness (QED) is 0.506. The summed E-state index contributed by atoms with van der Waals surface area (Å²) in [6.07, 6.45) is 0. The fourth-order valence-corrected chi connectivity index (χ4v) is 1.10. The lowest BCUT2D eigenvalue weighted by molar-refractivity contribution is 0.587. The highest BCUT2D eigenvalue weighted by Crippen LogP contribution is 2.25. The topological polar surface area (TPSA) is 103 Å². The smallest absolute Gasteiger partial charge is 0.223 e. The molecule has 0 aliphatic rings. The molecule has 0 unspecified atom stereocenters. The van der Waals surface area contributed by atoms with Gasteiger partial charge in [0.15, 0.2) is 17.6 Å². The van der Waals surface area contributed by atoms with E-state index < -0.39 is 23.3 Å². The van der Waals surface area contributed by atoms with Crippen molar-refractivity contribution in [3.8, 4) is 0 Å². The van der Waals surface area contributed by atoms with Crippen molar-refractivity contribution < 1.29 is 8.78 Å². The first-order valence-corrected chi connectivity index (χ1v) is 4.36. The van der Waals surface area contributed by atoms with Crippen molar-refractivity contribution in [1.29, 1.82) is 0 Å². The zero-order chi connectivity index (χ0) is 12.3. The molecule has 0 bridgehead atoms. The van der Waals surface area contributed by atoms with Crippen molar-refractivity contribution >= 4 is 29.2 Å². The molecule has 0 radical (unpaired) electrons. The maximum atomic E-state index is 13.2. The van der Waals surface area contributed by atoms with Crippen LogP contribution >= 0.6 is 11.6 Å². The van der Waals surface area contributed by atoms with Crippen LogP contribution in [0.2, 0.25) is 5.02 Å². The molecule has 0 aliphatic carbocycles. The average Bonchev–Trinajstić information content (AvgIpc) is 2.09. The summed E-state index contributed by atoms with van der Waals surface area (Å²) in [5, 5.41) is -0.0886. The number of halogens is 3. The minimum Gasteiger partial charge on any atom is -0.370 e. The second-order valence-electron chi connectivity index (χ2n) is 2.72. The molecule has 0 amide bonds. The molecule has 0 aliphatic heterocycles. The highest BCUT2D eigenvalue weighted by molar-refractivity contribution is 6.30. The third-order valence-corrected chi connectivity index (χ3v) is 1.67. The van der Waals surface area contributed by atoms with Crippen LogP contribution in [0.5, 0.6) is 0 Å². The van der Waals surface area contributed by atoms with Crippen LogP contribution in [0.4, 0.5) is 14.5 Å². The van der Waals surface area contributed by atoms with Gasteiger partial charge in [-0.1, -0.05) is 11.6 Å². The van der Waals surface area contributed by atoms with E-state index >= 15 is 0 Å². The van der Waals surface area contributed by atoms with Crippen molar-refractivity contribution in [2.24, 2.45) is 27.2 Å². The number of benzene rings is 1. The molecular weight excluding hydrogens is 240 g/mol. The lowest BCUT2D eigenvalue weighted by Gasteiger charge is -2.00. The zero-order valence-corrected chi connectivity index (χ0v) is 8.67. The van der Waals surface area contributed by atoms with Crippen molar-refractivity contribution in [1.82, 2.24) is 0 Å². The molecule has 0 atom stereocenters.